The summed E-state index contributed by atoms with van der Waals surface area (Å²) < 4.78 is 12.7. The van der Waals surface area contributed by atoms with Crippen LogP contribution < -0.4 is 0 Å². The Morgan fingerprint density at radius 3 is 2.58 bits per heavy atom. The molecule has 24 heavy (non-hydrogen) atoms. The highest BCUT2D eigenvalue weighted by atomic mass is 32.2. The summed E-state index contributed by atoms with van der Waals surface area (Å²) in [7, 11) is 0. The molecule has 1 saturated heterocycles. The summed E-state index contributed by atoms with van der Waals surface area (Å²) in [5.74, 6) is 2.06. The maximum atomic E-state index is 9.61. The minimum absolute atomic E-state index is 0.116. The molecule has 1 aliphatic heterocycles. The second-order valence-electron chi connectivity index (χ2n) is 5.89. The third-order valence-corrected chi connectivity index (χ3v) is 5.33. The maximum absolute atomic E-state index is 9.61. The molecule has 3 heterocycles. The highest BCUT2D eigenvalue weighted by molar-refractivity contribution is 7.99. The number of thioether (sulfide) groups is 1. The molecule has 0 unspecified atom stereocenters. The summed E-state index contributed by atoms with van der Waals surface area (Å²) in [4.78, 5) is 0. The summed E-state index contributed by atoms with van der Waals surface area (Å²) >= 11 is 1.58. The topological polar surface area (TPSA) is 73.3 Å². The van der Waals surface area contributed by atoms with Crippen LogP contribution in [0.2, 0.25) is 0 Å². The molecule has 3 aromatic rings. The zero-order valence-electron chi connectivity index (χ0n) is 13.0. The number of aliphatic hydroxyl groups is 1. The Morgan fingerprint density at radius 2 is 1.96 bits per heavy atom. The van der Waals surface area contributed by atoms with Crippen LogP contribution in [-0.2, 0) is 4.74 Å². The van der Waals surface area contributed by atoms with Crippen LogP contribution in [0.1, 0.15) is 0 Å². The molecule has 0 aliphatic carbocycles. The number of ether oxygens (including phenoxy) is 1. The van der Waals surface area contributed by atoms with Gasteiger partial charge in [-0.2, -0.15) is 0 Å². The van der Waals surface area contributed by atoms with Crippen molar-refractivity contribution in [2.24, 2.45) is 5.41 Å². The van der Waals surface area contributed by atoms with E-state index in [1.165, 1.54) is 0 Å². The van der Waals surface area contributed by atoms with E-state index < -0.39 is 0 Å². The Kier molecular flexibility index (Phi) is 4.13. The predicted octanol–water partition coefficient (Wildman–Crippen LogP) is 2.63. The summed E-state index contributed by atoms with van der Waals surface area (Å²) in [6.45, 7) is 1.28. The zero-order valence-corrected chi connectivity index (χ0v) is 13.8. The number of para-hydroxylation sites is 1. The van der Waals surface area contributed by atoms with Gasteiger partial charge in [-0.25, -0.2) is 0 Å². The lowest BCUT2D eigenvalue weighted by atomic mass is 9.90. The van der Waals surface area contributed by atoms with Gasteiger partial charge in [0.25, 0.3) is 0 Å². The first-order valence-corrected chi connectivity index (χ1v) is 8.66. The smallest absolute Gasteiger partial charge is 0.205 e. The lowest BCUT2D eigenvalue weighted by Gasteiger charge is -2.39. The van der Waals surface area contributed by atoms with Gasteiger partial charge in [0.05, 0.1) is 26.1 Å². The van der Waals surface area contributed by atoms with Crippen molar-refractivity contribution in [3.8, 4) is 17.3 Å². The van der Waals surface area contributed by atoms with E-state index >= 15 is 0 Å². The van der Waals surface area contributed by atoms with Gasteiger partial charge >= 0.3 is 0 Å². The molecule has 1 aliphatic rings. The number of aromatic nitrogens is 3. The minimum Gasteiger partial charge on any atom is -0.461 e. The normalized spacial score (nSPS) is 16.0. The quantitative estimate of drug-likeness (QED) is 0.694. The molecule has 0 radical (unpaired) electrons. The lowest BCUT2D eigenvalue weighted by Crippen LogP contribution is -2.47. The Labute approximate surface area is 143 Å². The standard InChI is InChI=1S/C17H17N3O3S/c21-9-17(10-22-11-17)12-24-16-19-18-15(14-7-4-8-23-14)20(16)13-5-2-1-3-6-13/h1-8,21H,9-12H2. The van der Waals surface area contributed by atoms with Crippen molar-refractivity contribution in [2.75, 3.05) is 25.6 Å². The van der Waals surface area contributed by atoms with Crippen LogP contribution in [0, 0.1) is 5.41 Å². The fraction of sp³-hybridized carbons (Fsp3) is 0.294. The van der Waals surface area contributed by atoms with Crippen LogP contribution in [0.15, 0.2) is 58.3 Å². The second-order valence-corrected chi connectivity index (χ2v) is 6.84. The first kappa shape index (κ1) is 15.4. The van der Waals surface area contributed by atoms with Crippen LogP contribution in [0.5, 0.6) is 0 Å². The summed E-state index contributed by atoms with van der Waals surface area (Å²) in [6.07, 6.45) is 1.62. The molecule has 0 amide bonds. The fourth-order valence-electron chi connectivity index (χ4n) is 2.57. The molecule has 4 rings (SSSR count). The van der Waals surface area contributed by atoms with Crippen molar-refractivity contribution in [1.82, 2.24) is 14.8 Å². The van der Waals surface area contributed by atoms with E-state index in [0.717, 1.165) is 16.6 Å². The average Bonchev–Trinajstić information content (AvgIpc) is 3.24. The van der Waals surface area contributed by atoms with Gasteiger partial charge in [-0.1, -0.05) is 30.0 Å². The van der Waals surface area contributed by atoms with Crippen LogP contribution in [-0.4, -0.2) is 45.4 Å². The summed E-state index contributed by atoms with van der Waals surface area (Å²) in [5.41, 5.74) is 0.794. The van der Waals surface area contributed by atoms with E-state index in [4.69, 9.17) is 9.15 Å². The largest absolute Gasteiger partial charge is 0.461 e. The van der Waals surface area contributed by atoms with Gasteiger partial charge in [0.1, 0.15) is 0 Å². The number of rotatable bonds is 6. The van der Waals surface area contributed by atoms with E-state index in [1.54, 1.807) is 18.0 Å². The van der Waals surface area contributed by atoms with E-state index in [1.807, 2.05) is 47.0 Å². The van der Waals surface area contributed by atoms with E-state index in [-0.39, 0.29) is 12.0 Å². The van der Waals surface area contributed by atoms with Gasteiger partial charge in [0, 0.05) is 16.9 Å². The van der Waals surface area contributed by atoms with Crippen molar-refractivity contribution < 1.29 is 14.3 Å². The summed E-state index contributed by atoms with van der Waals surface area (Å²) in [6, 6.07) is 13.6. The van der Waals surface area contributed by atoms with Crippen LogP contribution in [0.3, 0.4) is 0 Å². The molecule has 1 aromatic carbocycles. The molecular formula is C17H17N3O3S. The molecule has 0 bridgehead atoms. The van der Waals surface area contributed by atoms with Gasteiger partial charge in [0.2, 0.25) is 5.82 Å². The third kappa shape index (κ3) is 2.75. The Morgan fingerprint density at radius 1 is 1.12 bits per heavy atom. The highest BCUT2D eigenvalue weighted by Gasteiger charge is 2.38. The Hall–Kier alpha value is -2.09. The van der Waals surface area contributed by atoms with Crippen molar-refractivity contribution in [1.29, 1.82) is 0 Å². The average molecular weight is 343 g/mol. The summed E-state index contributed by atoms with van der Waals surface area (Å²) in [5, 5.41) is 19.0. The van der Waals surface area contributed by atoms with Crippen molar-refractivity contribution in [2.45, 2.75) is 5.16 Å². The maximum Gasteiger partial charge on any atom is 0.205 e. The molecule has 7 heteroatoms. The van der Waals surface area contributed by atoms with Crippen LogP contribution >= 0.6 is 11.8 Å². The molecule has 1 fully saturated rings. The molecule has 2 aromatic heterocycles. The lowest BCUT2D eigenvalue weighted by molar-refractivity contribution is -0.121. The van der Waals surface area contributed by atoms with E-state index in [2.05, 4.69) is 10.2 Å². The highest BCUT2D eigenvalue weighted by Crippen LogP contribution is 2.35. The number of furan rings is 1. The van der Waals surface area contributed by atoms with Crippen molar-refractivity contribution in [3.63, 3.8) is 0 Å². The number of nitrogens with zero attached hydrogens (tertiary/aromatic N) is 3. The zero-order chi connectivity index (χ0) is 16.4. The van der Waals surface area contributed by atoms with Gasteiger partial charge in [0.15, 0.2) is 10.9 Å². The number of hydrogen-bond donors (Lipinski definition) is 1. The predicted molar refractivity (Wildman–Crippen MR) is 90.1 cm³/mol. The monoisotopic (exact) mass is 343 g/mol. The molecule has 0 spiro atoms. The van der Waals surface area contributed by atoms with Gasteiger partial charge in [-0.3, -0.25) is 4.57 Å². The molecule has 1 N–H and O–H groups in total. The second kappa shape index (κ2) is 6.43. The number of aliphatic hydroxyl groups excluding tert-OH is 1. The van der Waals surface area contributed by atoms with E-state index in [9.17, 15) is 5.11 Å². The molecule has 0 atom stereocenters. The van der Waals surface area contributed by atoms with Crippen molar-refractivity contribution in [3.05, 3.63) is 48.7 Å². The SMILES string of the molecule is OCC1(CSc2nnc(-c3ccco3)n2-c2ccccc2)COC1. The van der Waals surface area contributed by atoms with Gasteiger partial charge in [-0.15, -0.1) is 10.2 Å². The van der Waals surface area contributed by atoms with Crippen molar-refractivity contribution >= 4 is 11.8 Å². The molecular weight excluding hydrogens is 326 g/mol. The first-order chi connectivity index (χ1) is 11.8. The van der Waals surface area contributed by atoms with Gasteiger partial charge in [-0.05, 0) is 24.3 Å². The number of benzene rings is 1. The fourth-order valence-corrected chi connectivity index (χ4v) is 3.68. The van der Waals surface area contributed by atoms with Gasteiger partial charge < -0.3 is 14.3 Å². The molecule has 6 nitrogen and oxygen atoms in total. The number of hydrogen-bond acceptors (Lipinski definition) is 6. The van der Waals surface area contributed by atoms with Crippen LogP contribution in [0.25, 0.3) is 17.3 Å². The van der Waals surface area contributed by atoms with Crippen LogP contribution in [0.4, 0.5) is 0 Å². The minimum atomic E-state index is -0.178. The molecule has 124 valence electrons. The molecule has 0 saturated carbocycles. The third-order valence-electron chi connectivity index (χ3n) is 4.05. The Balaban J connectivity index is 1.69. The Bertz CT molecular complexity index is 792. The van der Waals surface area contributed by atoms with E-state index in [0.29, 0.717) is 24.8 Å². The first-order valence-electron chi connectivity index (χ1n) is 7.67.